The Morgan fingerprint density at radius 3 is 2.70 bits per heavy atom. The number of aromatic nitrogens is 1. The van der Waals surface area contributed by atoms with Crippen molar-refractivity contribution in [3.8, 4) is 0 Å². The molecule has 0 saturated carbocycles. The van der Waals surface area contributed by atoms with E-state index < -0.39 is 0 Å². The molecule has 4 nitrogen and oxygen atoms in total. The second-order valence-electron chi connectivity index (χ2n) is 4.65. The summed E-state index contributed by atoms with van der Waals surface area (Å²) in [6.07, 6.45) is 2.42. The summed E-state index contributed by atoms with van der Waals surface area (Å²) in [5.41, 5.74) is 8.08. The van der Waals surface area contributed by atoms with Gasteiger partial charge in [0.05, 0.1) is 11.7 Å². The Morgan fingerprint density at radius 2 is 2.00 bits per heavy atom. The van der Waals surface area contributed by atoms with Gasteiger partial charge >= 0.3 is 0 Å². The van der Waals surface area contributed by atoms with E-state index in [2.05, 4.69) is 10.3 Å². The Labute approximate surface area is 119 Å². The van der Waals surface area contributed by atoms with Crippen LogP contribution in [0, 0.1) is 0 Å². The maximum absolute atomic E-state index is 12.3. The number of nitrogens with zero attached hydrogens (tertiary/aromatic N) is 1. The normalized spacial score (nSPS) is 11.9. The van der Waals surface area contributed by atoms with Gasteiger partial charge in [0.15, 0.2) is 0 Å². The first kappa shape index (κ1) is 14.2. The molecule has 0 radical (unpaired) electrons. The standard InChI is InChI=1S/C16H19N3O/c1-12(15-8-4-5-11-18-15)19-16(20)14-7-3-2-6-13(14)9-10-17/h2-8,11-12H,9-10,17H2,1H3,(H,19,20)/t12-/m0/s1. The molecule has 1 aromatic carbocycles. The highest BCUT2D eigenvalue weighted by Gasteiger charge is 2.14. The zero-order valence-electron chi connectivity index (χ0n) is 11.5. The van der Waals surface area contributed by atoms with Gasteiger partial charge in [0.1, 0.15) is 0 Å². The minimum atomic E-state index is -0.130. The first-order valence-corrected chi connectivity index (χ1v) is 6.72. The summed E-state index contributed by atoms with van der Waals surface area (Å²) in [5.74, 6) is -0.0906. The third-order valence-electron chi connectivity index (χ3n) is 3.15. The molecule has 4 heteroatoms. The topological polar surface area (TPSA) is 68.0 Å². The highest BCUT2D eigenvalue weighted by molar-refractivity contribution is 5.95. The average Bonchev–Trinajstić information content (AvgIpc) is 2.49. The number of nitrogens with one attached hydrogen (secondary N) is 1. The van der Waals surface area contributed by atoms with E-state index in [4.69, 9.17) is 5.73 Å². The molecular weight excluding hydrogens is 250 g/mol. The van der Waals surface area contributed by atoms with Crippen molar-refractivity contribution >= 4 is 5.91 Å². The Morgan fingerprint density at radius 1 is 1.25 bits per heavy atom. The van der Waals surface area contributed by atoms with E-state index >= 15 is 0 Å². The zero-order valence-corrected chi connectivity index (χ0v) is 11.5. The molecule has 0 bridgehead atoms. The van der Waals surface area contributed by atoms with Crippen molar-refractivity contribution in [2.75, 3.05) is 6.54 Å². The van der Waals surface area contributed by atoms with Crippen LogP contribution in [-0.4, -0.2) is 17.4 Å². The smallest absolute Gasteiger partial charge is 0.252 e. The van der Waals surface area contributed by atoms with Crippen LogP contribution in [0.2, 0.25) is 0 Å². The maximum atomic E-state index is 12.3. The van der Waals surface area contributed by atoms with Gasteiger partial charge in [-0.1, -0.05) is 24.3 Å². The molecule has 0 spiro atoms. The van der Waals surface area contributed by atoms with E-state index in [0.717, 1.165) is 11.3 Å². The molecule has 0 aliphatic carbocycles. The zero-order chi connectivity index (χ0) is 14.4. The highest BCUT2D eigenvalue weighted by atomic mass is 16.1. The predicted octanol–water partition coefficient (Wildman–Crippen LogP) is 2.07. The van der Waals surface area contributed by atoms with Crippen molar-refractivity contribution < 1.29 is 4.79 Å². The van der Waals surface area contributed by atoms with Crippen LogP contribution in [-0.2, 0) is 6.42 Å². The van der Waals surface area contributed by atoms with E-state index in [1.165, 1.54) is 0 Å². The summed E-state index contributed by atoms with van der Waals surface area (Å²) in [6, 6.07) is 13.1. The first-order chi connectivity index (χ1) is 9.72. The van der Waals surface area contributed by atoms with Crippen molar-refractivity contribution in [3.63, 3.8) is 0 Å². The number of amides is 1. The molecule has 20 heavy (non-hydrogen) atoms. The van der Waals surface area contributed by atoms with Crippen LogP contribution < -0.4 is 11.1 Å². The molecule has 1 heterocycles. The predicted molar refractivity (Wildman–Crippen MR) is 79.3 cm³/mol. The number of carbonyl (C=O) groups excluding carboxylic acids is 1. The molecule has 0 unspecified atom stereocenters. The van der Waals surface area contributed by atoms with Gasteiger partial charge in [0, 0.05) is 11.8 Å². The van der Waals surface area contributed by atoms with Gasteiger partial charge in [-0.25, -0.2) is 0 Å². The van der Waals surface area contributed by atoms with Crippen molar-refractivity contribution in [2.24, 2.45) is 5.73 Å². The first-order valence-electron chi connectivity index (χ1n) is 6.72. The van der Waals surface area contributed by atoms with Crippen LogP contribution >= 0.6 is 0 Å². The molecular formula is C16H19N3O. The molecule has 2 rings (SSSR count). The summed E-state index contributed by atoms with van der Waals surface area (Å²) < 4.78 is 0. The van der Waals surface area contributed by atoms with E-state index in [0.29, 0.717) is 18.5 Å². The SMILES string of the molecule is C[C@H](NC(=O)c1ccccc1CCN)c1ccccn1. The average molecular weight is 269 g/mol. The molecule has 3 N–H and O–H groups in total. The summed E-state index contributed by atoms with van der Waals surface area (Å²) in [4.78, 5) is 16.6. The summed E-state index contributed by atoms with van der Waals surface area (Å²) >= 11 is 0. The molecule has 2 aromatic rings. The molecule has 1 amide bonds. The lowest BCUT2D eigenvalue weighted by Crippen LogP contribution is -2.28. The van der Waals surface area contributed by atoms with E-state index in [1.54, 1.807) is 6.20 Å². The van der Waals surface area contributed by atoms with Gasteiger partial charge in [-0.3, -0.25) is 9.78 Å². The quantitative estimate of drug-likeness (QED) is 0.873. The molecule has 1 aromatic heterocycles. The summed E-state index contributed by atoms with van der Waals surface area (Å²) in [5, 5.41) is 2.97. The van der Waals surface area contributed by atoms with Crippen molar-refractivity contribution in [1.82, 2.24) is 10.3 Å². The lowest BCUT2D eigenvalue weighted by Gasteiger charge is -2.15. The Kier molecular flexibility index (Phi) is 4.85. The van der Waals surface area contributed by atoms with Crippen LogP contribution in [0.3, 0.4) is 0 Å². The van der Waals surface area contributed by atoms with Crippen molar-refractivity contribution in [2.45, 2.75) is 19.4 Å². The molecule has 0 saturated heterocycles. The number of rotatable bonds is 5. The largest absolute Gasteiger partial charge is 0.344 e. The fraction of sp³-hybridized carbons (Fsp3) is 0.250. The summed E-state index contributed by atoms with van der Waals surface area (Å²) in [6.45, 7) is 2.45. The molecule has 0 aliphatic rings. The summed E-state index contributed by atoms with van der Waals surface area (Å²) in [7, 11) is 0. The fourth-order valence-electron chi connectivity index (χ4n) is 2.10. The Hall–Kier alpha value is -2.20. The van der Waals surface area contributed by atoms with Crippen LogP contribution in [0.15, 0.2) is 48.7 Å². The second kappa shape index (κ2) is 6.82. The van der Waals surface area contributed by atoms with Crippen LogP contribution in [0.25, 0.3) is 0 Å². The molecule has 104 valence electrons. The van der Waals surface area contributed by atoms with Gasteiger partial charge in [-0.05, 0) is 43.7 Å². The molecule has 0 fully saturated rings. The number of hydrogen-bond acceptors (Lipinski definition) is 3. The minimum absolute atomic E-state index is 0.0906. The van der Waals surface area contributed by atoms with E-state index in [1.807, 2.05) is 49.4 Å². The number of hydrogen-bond donors (Lipinski definition) is 2. The van der Waals surface area contributed by atoms with Gasteiger partial charge in [0.25, 0.3) is 5.91 Å². The highest BCUT2D eigenvalue weighted by Crippen LogP contribution is 2.13. The van der Waals surface area contributed by atoms with Crippen LogP contribution in [0.1, 0.15) is 34.6 Å². The number of carbonyl (C=O) groups is 1. The second-order valence-corrected chi connectivity index (χ2v) is 4.65. The Bertz CT molecular complexity index is 569. The van der Waals surface area contributed by atoms with Gasteiger partial charge < -0.3 is 11.1 Å². The lowest BCUT2D eigenvalue weighted by molar-refractivity contribution is 0.0938. The minimum Gasteiger partial charge on any atom is -0.344 e. The van der Waals surface area contributed by atoms with E-state index in [9.17, 15) is 4.79 Å². The van der Waals surface area contributed by atoms with Crippen molar-refractivity contribution in [3.05, 3.63) is 65.5 Å². The van der Waals surface area contributed by atoms with Gasteiger partial charge in [-0.2, -0.15) is 0 Å². The van der Waals surface area contributed by atoms with Crippen LogP contribution in [0.5, 0.6) is 0 Å². The lowest BCUT2D eigenvalue weighted by atomic mass is 10.0. The Balaban J connectivity index is 2.12. The molecule has 0 aliphatic heterocycles. The number of pyridine rings is 1. The molecule has 1 atom stereocenters. The van der Waals surface area contributed by atoms with E-state index in [-0.39, 0.29) is 11.9 Å². The third-order valence-corrected chi connectivity index (χ3v) is 3.15. The monoisotopic (exact) mass is 269 g/mol. The van der Waals surface area contributed by atoms with Crippen LogP contribution in [0.4, 0.5) is 0 Å². The van der Waals surface area contributed by atoms with Gasteiger partial charge in [0.2, 0.25) is 0 Å². The number of benzene rings is 1. The maximum Gasteiger partial charge on any atom is 0.252 e. The fourth-order valence-corrected chi connectivity index (χ4v) is 2.10. The van der Waals surface area contributed by atoms with Gasteiger partial charge in [-0.15, -0.1) is 0 Å². The third kappa shape index (κ3) is 3.42. The van der Waals surface area contributed by atoms with Crippen molar-refractivity contribution in [1.29, 1.82) is 0 Å². The number of nitrogens with two attached hydrogens (primary N) is 1.